The number of ether oxygens (including phenoxy) is 1. The van der Waals surface area contributed by atoms with E-state index in [1.807, 2.05) is 6.07 Å². The predicted molar refractivity (Wildman–Crippen MR) is 158 cm³/mol. The van der Waals surface area contributed by atoms with E-state index in [2.05, 4.69) is 48.0 Å². The summed E-state index contributed by atoms with van der Waals surface area (Å²) in [5.41, 5.74) is 4.67. The summed E-state index contributed by atoms with van der Waals surface area (Å²) in [5.74, 6) is -0.669. The van der Waals surface area contributed by atoms with Gasteiger partial charge in [-0.05, 0) is 53.8 Å². The molecule has 3 N–H and O–H groups in total. The first kappa shape index (κ1) is 28.5. The fraction of sp³-hybridized carbons (Fsp3) is 0.310. The Morgan fingerprint density at radius 1 is 1.10 bits per heavy atom. The molecule has 41 heavy (non-hydrogen) atoms. The van der Waals surface area contributed by atoms with Crippen molar-refractivity contribution < 1.29 is 13.9 Å². The smallest absolute Gasteiger partial charge is 0.253 e. The normalized spacial score (nSPS) is 13.4. The summed E-state index contributed by atoms with van der Waals surface area (Å²) < 4.78 is 22.3. The summed E-state index contributed by atoms with van der Waals surface area (Å²) >= 11 is 6.40. The fourth-order valence-corrected chi connectivity index (χ4v) is 4.98. The van der Waals surface area contributed by atoms with Crippen molar-refractivity contribution >= 4 is 40.6 Å². The maximum Gasteiger partial charge on any atom is 0.253 e. The van der Waals surface area contributed by atoms with Gasteiger partial charge in [-0.15, -0.1) is 0 Å². The Morgan fingerprint density at radius 2 is 1.90 bits per heavy atom. The highest BCUT2D eigenvalue weighted by molar-refractivity contribution is 6.33. The highest BCUT2D eigenvalue weighted by atomic mass is 35.5. The van der Waals surface area contributed by atoms with Crippen LogP contribution < -0.4 is 16.0 Å². The molecule has 0 bridgehead atoms. The predicted octanol–water partition coefficient (Wildman–Crippen LogP) is 4.56. The molecule has 0 unspecified atom stereocenters. The molecular weight excluding hydrogens is 547 g/mol. The molecule has 214 valence electrons. The fourth-order valence-electron chi connectivity index (χ4n) is 4.84. The third kappa shape index (κ3) is 6.64. The monoisotopic (exact) mass is 578 g/mol. The van der Waals surface area contributed by atoms with E-state index < -0.39 is 11.7 Å². The van der Waals surface area contributed by atoms with E-state index in [1.165, 1.54) is 30.4 Å². The number of amides is 1. The molecule has 0 fully saturated rings. The maximum atomic E-state index is 15.5. The van der Waals surface area contributed by atoms with Crippen LogP contribution in [0.1, 0.15) is 21.5 Å². The van der Waals surface area contributed by atoms with Gasteiger partial charge in [0.15, 0.2) is 5.82 Å². The van der Waals surface area contributed by atoms with Gasteiger partial charge in [-0.3, -0.25) is 9.48 Å². The maximum absolute atomic E-state index is 15.5. The third-order valence-corrected chi connectivity index (χ3v) is 7.33. The molecule has 3 heterocycles. The Kier molecular flexibility index (Phi) is 8.77. The lowest BCUT2D eigenvalue weighted by molar-refractivity contribution is 0.0963. The van der Waals surface area contributed by atoms with Gasteiger partial charge in [-0.25, -0.2) is 9.37 Å². The molecular formula is C29H32ClFN8O2. The van der Waals surface area contributed by atoms with E-state index in [-0.39, 0.29) is 28.0 Å². The third-order valence-electron chi connectivity index (χ3n) is 7.06. The molecule has 5 rings (SSSR count). The first-order valence-electron chi connectivity index (χ1n) is 13.3. The second-order valence-electron chi connectivity index (χ2n) is 9.82. The number of anilines is 4. The number of carbonyl (C=O) groups is 1. The van der Waals surface area contributed by atoms with Gasteiger partial charge in [-0.1, -0.05) is 17.7 Å². The Hall–Kier alpha value is -4.06. The van der Waals surface area contributed by atoms with Crippen molar-refractivity contribution in [1.82, 2.24) is 30.0 Å². The molecule has 10 nitrogen and oxygen atoms in total. The number of nitrogens with one attached hydrogen (secondary N) is 3. The zero-order chi connectivity index (χ0) is 28.9. The summed E-state index contributed by atoms with van der Waals surface area (Å²) in [6, 6.07) is 9.17. The van der Waals surface area contributed by atoms with Gasteiger partial charge >= 0.3 is 0 Å². The van der Waals surface area contributed by atoms with Crippen LogP contribution in [0.2, 0.25) is 5.02 Å². The summed E-state index contributed by atoms with van der Waals surface area (Å²) in [6.45, 7) is 3.59. The number of benzene rings is 2. The van der Waals surface area contributed by atoms with Crippen molar-refractivity contribution in [1.29, 1.82) is 0 Å². The van der Waals surface area contributed by atoms with E-state index in [1.54, 1.807) is 37.3 Å². The lowest BCUT2D eigenvalue weighted by atomic mass is 10.0. The van der Waals surface area contributed by atoms with E-state index in [0.717, 1.165) is 44.8 Å². The second-order valence-corrected chi connectivity index (χ2v) is 10.2. The number of hydrogen-bond acceptors (Lipinski definition) is 8. The molecule has 2 aromatic carbocycles. The van der Waals surface area contributed by atoms with Crippen LogP contribution in [0.3, 0.4) is 0 Å². The summed E-state index contributed by atoms with van der Waals surface area (Å²) in [7, 11) is 4.97. The zero-order valence-corrected chi connectivity index (χ0v) is 23.9. The molecule has 0 radical (unpaired) electrons. The number of methoxy groups -OCH3 is 1. The molecule has 1 aliphatic heterocycles. The van der Waals surface area contributed by atoms with Crippen molar-refractivity contribution in [3.05, 3.63) is 76.5 Å². The molecule has 0 saturated carbocycles. The molecule has 0 aliphatic carbocycles. The topological polar surface area (TPSA) is 109 Å². The molecule has 4 aromatic rings. The van der Waals surface area contributed by atoms with Crippen molar-refractivity contribution in [2.24, 2.45) is 7.05 Å². The quantitative estimate of drug-likeness (QED) is 0.265. The molecule has 0 spiro atoms. The minimum atomic E-state index is -0.639. The summed E-state index contributed by atoms with van der Waals surface area (Å²) in [4.78, 5) is 24.0. The van der Waals surface area contributed by atoms with Crippen molar-refractivity contribution in [2.75, 3.05) is 51.0 Å². The van der Waals surface area contributed by atoms with Gasteiger partial charge in [0.05, 0.1) is 30.3 Å². The average Bonchev–Trinajstić information content (AvgIpc) is 3.31. The van der Waals surface area contributed by atoms with E-state index in [9.17, 15) is 4.79 Å². The molecule has 0 atom stereocenters. The number of nitrogens with zero attached hydrogens (tertiary/aromatic N) is 5. The first-order chi connectivity index (χ1) is 19.8. The van der Waals surface area contributed by atoms with Crippen molar-refractivity contribution in [2.45, 2.75) is 12.8 Å². The number of fused-ring (bicyclic) bond motifs is 1. The Labute approximate surface area is 242 Å². The molecule has 0 saturated heterocycles. The van der Waals surface area contributed by atoms with Gasteiger partial charge < -0.3 is 25.6 Å². The van der Waals surface area contributed by atoms with E-state index in [0.29, 0.717) is 11.1 Å². The number of carbonyl (C=O) groups excluding carboxylic acids is 1. The number of aryl methyl sites for hydroxylation is 1. The minimum Gasteiger partial charge on any atom is -0.383 e. The van der Waals surface area contributed by atoms with Crippen molar-refractivity contribution in [3.8, 4) is 11.1 Å². The van der Waals surface area contributed by atoms with Crippen LogP contribution in [0.4, 0.5) is 27.5 Å². The van der Waals surface area contributed by atoms with Gasteiger partial charge in [0.2, 0.25) is 5.95 Å². The lowest BCUT2D eigenvalue weighted by Gasteiger charge is -2.18. The van der Waals surface area contributed by atoms with Crippen LogP contribution in [-0.2, 0) is 24.6 Å². The Balaban J connectivity index is 1.38. The van der Waals surface area contributed by atoms with Gasteiger partial charge in [-0.2, -0.15) is 10.1 Å². The van der Waals surface area contributed by atoms with Gasteiger partial charge in [0.1, 0.15) is 10.8 Å². The molecule has 1 aliphatic rings. The van der Waals surface area contributed by atoms with Crippen LogP contribution in [-0.4, -0.2) is 71.0 Å². The van der Waals surface area contributed by atoms with Crippen LogP contribution in [0.25, 0.3) is 11.1 Å². The van der Waals surface area contributed by atoms with E-state index >= 15 is 4.39 Å². The number of rotatable bonds is 9. The van der Waals surface area contributed by atoms with Crippen LogP contribution in [0, 0.1) is 5.82 Å². The standard InChI is InChI=1S/C29H32ClFN8O2/c1-32-28(40)23-13-20(21-15-34-38(2)17-21)14-25(31)26(23)36-27-24(30)16-33-29(37-27)35-22-5-4-18-6-8-39(10-11-41-3)9-7-19(18)12-22/h4-5,12-17H,6-11H2,1-3H3,(H,32,40)(H2,33,35,36,37). The van der Waals surface area contributed by atoms with Gasteiger partial charge in [0.25, 0.3) is 5.91 Å². The number of aromatic nitrogens is 4. The Bertz CT molecular complexity index is 1560. The van der Waals surface area contributed by atoms with E-state index in [4.69, 9.17) is 16.3 Å². The molecule has 12 heteroatoms. The van der Waals surface area contributed by atoms with Crippen LogP contribution in [0.5, 0.6) is 0 Å². The first-order valence-corrected chi connectivity index (χ1v) is 13.7. The minimum absolute atomic E-state index is 0.0494. The highest BCUT2D eigenvalue weighted by Gasteiger charge is 2.20. The number of hydrogen-bond donors (Lipinski definition) is 3. The van der Waals surface area contributed by atoms with Crippen LogP contribution >= 0.6 is 11.6 Å². The summed E-state index contributed by atoms with van der Waals surface area (Å²) in [6.07, 6.45) is 6.68. The highest BCUT2D eigenvalue weighted by Crippen LogP contribution is 2.33. The van der Waals surface area contributed by atoms with Crippen molar-refractivity contribution in [3.63, 3.8) is 0 Å². The number of halogens is 2. The molecule has 2 aromatic heterocycles. The Morgan fingerprint density at radius 3 is 2.63 bits per heavy atom. The average molecular weight is 579 g/mol. The van der Waals surface area contributed by atoms with Crippen LogP contribution in [0.15, 0.2) is 48.9 Å². The lowest BCUT2D eigenvalue weighted by Crippen LogP contribution is -2.29. The SMILES string of the molecule is CNC(=O)c1cc(-c2cnn(C)c2)cc(F)c1Nc1nc(Nc2ccc3c(c2)CCN(CCOC)CC3)ncc1Cl. The molecule has 1 amide bonds. The van der Waals surface area contributed by atoms with Gasteiger partial charge in [0, 0.05) is 58.3 Å². The second kappa shape index (κ2) is 12.6. The summed E-state index contributed by atoms with van der Waals surface area (Å²) in [5, 5.41) is 13.0. The largest absolute Gasteiger partial charge is 0.383 e. The zero-order valence-electron chi connectivity index (χ0n) is 23.2.